The van der Waals surface area contributed by atoms with Crippen molar-refractivity contribution in [1.82, 2.24) is 15.2 Å². The number of aliphatic carboxylic acids is 1. The number of thiazole rings is 1. The van der Waals surface area contributed by atoms with Crippen LogP contribution >= 0.6 is 46.3 Å². The van der Waals surface area contributed by atoms with Gasteiger partial charge in [-0.2, -0.15) is 0 Å². The van der Waals surface area contributed by atoms with Crippen molar-refractivity contribution in [3.05, 3.63) is 15.6 Å². The lowest BCUT2D eigenvalue weighted by Crippen LogP contribution is -2.71. The smallest absolute Gasteiger partial charge is 0.327 e. The summed E-state index contributed by atoms with van der Waals surface area (Å²) in [6.07, 6.45) is 0. The third-order valence-corrected chi connectivity index (χ3v) is 7.19. The number of carbonyl (C=O) groups excluding carboxylic acids is 2. The fourth-order valence-electron chi connectivity index (χ4n) is 3.36. The van der Waals surface area contributed by atoms with Gasteiger partial charge in [-0.15, -0.1) is 23.1 Å². The Hall–Kier alpha value is -2.02. The molecule has 0 saturated carbocycles. The molecule has 3 rings (SSSR count). The summed E-state index contributed by atoms with van der Waals surface area (Å²) >= 11 is 14.3. The van der Waals surface area contributed by atoms with Gasteiger partial charge in [-0.25, -0.2) is 9.78 Å². The molecule has 0 bridgehead atoms. The number of β-lactam (4-membered cyclic amide) rings is 1. The van der Waals surface area contributed by atoms with Crippen molar-refractivity contribution >= 4 is 80.5 Å². The molecular formula is C16H17Cl2N5O5S2. The van der Waals surface area contributed by atoms with E-state index in [0.717, 1.165) is 11.3 Å². The second-order valence-electron chi connectivity index (χ2n) is 6.88. The number of fused-ring (bicyclic) bond motifs is 1. The van der Waals surface area contributed by atoms with E-state index in [2.05, 4.69) is 15.5 Å². The second kappa shape index (κ2) is 8.25. The van der Waals surface area contributed by atoms with E-state index in [1.54, 1.807) is 13.8 Å². The van der Waals surface area contributed by atoms with Crippen molar-refractivity contribution in [2.45, 2.75) is 36.1 Å². The third-order valence-electron chi connectivity index (χ3n) is 4.56. The molecule has 0 unspecified atom stereocenters. The molecule has 2 amide bonds. The number of carboxylic acids is 1. The van der Waals surface area contributed by atoms with E-state index < -0.39 is 40.0 Å². The lowest BCUT2D eigenvalue weighted by molar-refractivity contribution is -0.160. The minimum Gasteiger partial charge on any atom is -0.480 e. The number of anilines is 1. The van der Waals surface area contributed by atoms with Gasteiger partial charge >= 0.3 is 5.97 Å². The molecule has 0 spiro atoms. The SMILES string of the molecule is CO/N=C(/C(=O)N[C@@H]1C(=O)N2[C@@H]1SC(C)(C)[C@@H]2C(=O)O)C(=C(Cl)Cl)c1csc(N)n1. The monoisotopic (exact) mass is 493 g/mol. The van der Waals surface area contributed by atoms with Crippen LogP contribution in [0.15, 0.2) is 15.0 Å². The minimum atomic E-state index is -1.10. The molecular weight excluding hydrogens is 477 g/mol. The van der Waals surface area contributed by atoms with Crippen LogP contribution in [0.5, 0.6) is 0 Å². The number of oxime groups is 1. The Morgan fingerprint density at radius 3 is 2.60 bits per heavy atom. The fourth-order valence-corrected chi connectivity index (χ4v) is 5.91. The highest BCUT2D eigenvalue weighted by molar-refractivity contribution is 8.01. The van der Waals surface area contributed by atoms with Crippen molar-refractivity contribution < 1.29 is 24.3 Å². The highest BCUT2D eigenvalue weighted by Crippen LogP contribution is 2.50. The first-order valence-corrected chi connectivity index (χ1v) is 10.9. The number of nitrogens with one attached hydrogen (secondary N) is 1. The van der Waals surface area contributed by atoms with Gasteiger partial charge in [-0.1, -0.05) is 28.4 Å². The number of amides is 2. The molecule has 2 aliphatic heterocycles. The topological polar surface area (TPSA) is 147 Å². The van der Waals surface area contributed by atoms with Crippen LogP contribution in [-0.2, 0) is 19.2 Å². The van der Waals surface area contributed by atoms with Gasteiger partial charge < -0.3 is 25.9 Å². The summed E-state index contributed by atoms with van der Waals surface area (Å²) in [5.74, 6) is -2.39. The number of thioether (sulfide) groups is 1. The van der Waals surface area contributed by atoms with E-state index in [9.17, 15) is 19.5 Å². The van der Waals surface area contributed by atoms with E-state index in [-0.39, 0.29) is 26.6 Å². The van der Waals surface area contributed by atoms with Crippen LogP contribution < -0.4 is 11.1 Å². The Morgan fingerprint density at radius 1 is 1.43 bits per heavy atom. The normalized spacial score (nSPS) is 24.7. The summed E-state index contributed by atoms with van der Waals surface area (Å²) in [6, 6.07) is -1.94. The van der Waals surface area contributed by atoms with Gasteiger partial charge in [0.15, 0.2) is 10.8 Å². The molecule has 10 nitrogen and oxygen atoms in total. The molecule has 3 atom stereocenters. The maximum absolute atomic E-state index is 12.9. The van der Waals surface area contributed by atoms with Crippen LogP contribution in [0.1, 0.15) is 19.5 Å². The number of nitrogens with zero attached hydrogens (tertiary/aromatic N) is 3. The first-order valence-electron chi connectivity index (χ1n) is 8.41. The van der Waals surface area contributed by atoms with Crippen LogP contribution in [0, 0.1) is 0 Å². The van der Waals surface area contributed by atoms with Crippen molar-refractivity contribution in [1.29, 1.82) is 0 Å². The molecule has 1 aromatic heterocycles. The van der Waals surface area contributed by atoms with E-state index in [1.807, 2.05) is 0 Å². The summed E-state index contributed by atoms with van der Waals surface area (Å²) in [7, 11) is 1.23. The zero-order valence-corrected chi connectivity index (χ0v) is 19.0. The highest BCUT2D eigenvalue weighted by atomic mass is 35.5. The Kier molecular flexibility index (Phi) is 6.23. The lowest BCUT2D eigenvalue weighted by Gasteiger charge is -2.43. The number of hydrogen-bond donors (Lipinski definition) is 3. The zero-order valence-electron chi connectivity index (χ0n) is 15.9. The standard InChI is InChI=1S/C16H17Cl2N5O5S2/c1-16(2)9(14(26)27)23-12(25)8(13(23)30-16)21-11(24)7(22-28-3)6(10(17)18)5-4-29-15(19)20-5/h4,8-9,13H,1-3H3,(H2,19,20)(H,21,24)(H,26,27)/b22-7+/t8-,9+,13-/m1/s1. The number of carboxylic acid groups (broad SMARTS) is 1. The van der Waals surface area contributed by atoms with E-state index in [4.69, 9.17) is 33.8 Å². The number of nitrogen functional groups attached to an aromatic ring is 1. The second-order valence-corrected chi connectivity index (χ2v) is 10.5. The summed E-state index contributed by atoms with van der Waals surface area (Å²) < 4.78 is -1.02. The molecule has 2 aliphatic rings. The minimum absolute atomic E-state index is 0.0166. The molecule has 1 aromatic rings. The average molecular weight is 494 g/mol. The van der Waals surface area contributed by atoms with Crippen LogP contribution in [0.3, 0.4) is 0 Å². The highest BCUT2D eigenvalue weighted by Gasteiger charge is 2.64. The molecule has 2 fully saturated rings. The Bertz CT molecular complexity index is 975. The Labute approximate surface area is 189 Å². The molecule has 2 saturated heterocycles. The summed E-state index contributed by atoms with van der Waals surface area (Å²) in [4.78, 5) is 47.2. The first kappa shape index (κ1) is 22.7. The largest absolute Gasteiger partial charge is 0.480 e. The molecule has 3 heterocycles. The third kappa shape index (κ3) is 3.84. The van der Waals surface area contributed by atoms with Gasteiger partial charge in [-0.3, -0.25) is 9.59 Å². The molecule has 4 N–H and O–H groups in total. The summed E-state index contributed by atoms with van der Waals surface area (Å²) in [5, 5.41) is 17.0. The van der Waals surface area contributed by atoms with Gasteiger partial charge in [0.25, 0.3) is 5.91 Å². The predicted molar refractivity (Wildman–Crippen MR) is 115 cm³/mol. The lowest BCUT2D eigenvalue weighted by atomic mass is 9.96. The van der Waals surface area contributed by atoms with Crippen LogP contribution in [0.2, 0.25) is 0 Å². The average Bonchev–Trinajstić information content (AvgIpc) is 3.17. The number of hydrogen-bond acceptors (Lipinski definition) is 9. The van der Waals surface area contributed by atoms with E-state index in [1.165, 1.54) is 29.2 Å². The molecule has 0 aromatic carbocycles. The van der Waals surface area contributed by atoms with E-state index in [0.29, 0.717) is 0 Å². The van der Waals surface area contributed by atoms with Crippen LogP contribution in [0.25, 0.3) is 5.57 Å². The molecule has 0 radical (unpaired) electrons. The zero-order chi connectivity index (χ0) is 22.4. The summed E-state index contributed by atoms with van der Waals surface area (Å²) in [6.45, 7) is 3.47. The van der Waals surface area contributed by atoms with Crippen molar-refractivity contribution in [2.24, 2.45) is 5.16 Å². The first-order chi connectivity index (χ1) is 14.0. The number of aromatic nitrogens is 1. The Balaban J connectivity index is 1.86. The summed E-state index contributed by atoms with van der Waals surface area (Å²) in [5.41, 5.74) is 5.54. The van der Waals surface area contributed by atoms with Crippen molar-refractivity contribution in [3.8, 4) is 0 Å². The van der Waals surface area contributed by atoms with Crippen molar-refractivity contribution in [2.75, 3.05) is 12.8 Å². The molecule has 0 aliphatic carbocycles. The van der Waals surface area contributed by atoms with Gasteiger partial charge in [0.05, 0.1) is 11.3 Å². The predicted octanol–water partition coefficient (Wildman–Crippen LogP) is 1.51. The molecule has 14 heteroatoms. The van der Waals surface area contributed by atoms with Crippen LogP contribution in [0.4, 0.5) is 5.13 Å². The fraction of sp³-hybridized carbons (Fsp3) is 0.438. The Morgan fingerprint density at radius 2 is 2.10 bits per heavy atom. The van der Waals surface area contributed by atoms with Gasteiger partial charge in [-0.05, 0) is 13.8 Å². The number of halogens is 2. The van der Waals surface area contributed by atoms with Gasteiger partial charge in [0, 0.05) is 10.1 Å². The number of nitrogens with two attached hydrogens (primary N) is 1. The van der Waals surface area contributed by atoms with Gasteiger partial charge in [0.1, 0.15) is 29.1 Å². The maximum Gasteiger partial charge on any atom is 0.327 e. The van der Waals surface area contributed by atoms with E-state index >= 15 is 0 Å². The molecule has 30 heavy (non-hydrogen) atoms. The van der Waals surface area contributed by atoms with Crippen molar-refractivity contribution in [3.63, 3.8) is 0 Å². The van der Waals surface area contributed by atoms with Gasteiger partial charge in [0.2, 0.25) is 5.91 Å². The quantitative estimate of drug-likeness (QED) is 0.306. The number of carbonyl (C=O) groups is 3. The number of rotatable bonds is 6. The maximum atomic E-state index is 12.9. The van der Waals surface area contributed by atoms with Crippen LogP contribution in [-0.4, -0.2) is 67.8 Å². The molecule has 162 valence electrons.